The largest absolute Gasteiger partial charge is 0.486 e. The molecule has 1 aromatic carbocycles. The van der Waals surface area contributed by atoms with Crippen LogP contribution in [0.1, 0.15) is 12.0 Å². The molecule has 18 heavy (non-hydrogen) atoms. The molecule has 3 rings (SSSR count). The van der Waals surface area contributed by atoms with Gasteiger partial charge in [0.2, 0.25) is 0 Å². The van der Waals surface area contributed by atoms with Crippen LogP contribution in [0.15, 0.2) is 12.1 Å². The first-order chi connectivity index (χ1) is 8.72. The van der Waals surface area contributed by atoms with Gasteiger partial charge in [-0.2, -0.15) is 0 Å². The number of ether oxygens (including phenoxy) is 2. The van der Waals surface area contributed by atoms with Crippen molar-refractivity contribution < 1.29 is 14.6 Å². The van der Waals surface area contributed by atoms with Crippen LogP contribution in [0.25, 0.3) is 0 Å². The quantitative estimate of drug-likeness (QED) is 0.887. The van der Waals surface area contributed by atoms with E-state index in [2.05, 4.69) is 4.90 Å². The summed E-state index contributed by atoms with van der Waals surface area (Å²) in [6.45, 7) is 3.55. The second-order valence-electron chi connectivity index (χ2n) is 4.78. The fourth-order valence-corrected chi connectivity index (χ4v) is 2.76. The zero-order chi connectivity index (χ0) is 12.5. The number of halogens is 1. The summed E-state index contributed by atoms with van der Waals surface area (Å²) in [5, 5.41) is 10.1. The summed E-state index contributed by atoms with van der Waals surface area (Å²) in [6.07, 6.45) is 0.649. The average molecular weight is 270 g/mol. The van der Waals surface area contributed by atoms with E-state index in [9.17, 15) is 5.11 Å². The Bertz CT molecular complexity index is 452. The second kappa shape index (κ2) is 4.96. The molecule has 0 radical (unpaired) electrons. The molecule has 0 aliphatic carbocycles. The zero-order valence-electron chi connectivity index (χ0n) is 10.1. The van der Waals surface area contributed by atoms with Crippen LogP contribution in [0.5, 0.6) is 11.5 Å². The van der Waals surface area contributed by atoms with Gasteiger partial charge >= 0.3 is 0 Å². The highest BCUT2D eigenvalue weighted by Gasteiger charge is 2.22. The van der Waals surface area contributed by atoms with Crippen LogP contribution in [-0.4, -0.2) is 42.4 Å². The third-order valence-electron chi connectivity index (χ3n) is 3.31. The number of β-amino-alcohol motifs (C(OH)–C–C–N with tert-alkyl or cyclic N) is 1. The first-order valence-corrected chi connectivity index (χ1v) is 6.58. The first-order valence-electron chi connectivity index (χ1n) is 6.21. The number of rotatable bonds is 2. The molecule has 1 fully saturated rings. The first kappa shape index (κ1) is 12.1. The summed E-state index contributed by atoms with van der Waals surface area (Å²) in [7, 11) is 0. The molecule has 1 saturated heterocycles. The molecule has 2 heterocycles. The van der Waals surface area contributed by atoms with Gasteiger partial charge in [0.15, 0.2) is 11.5 Å². The Labute approximate surface area is 111 Å². The molecule has 5 heteroatoms. The SMILES string of the molecule is O[C@H]1CCN(Cc2cc(Cl)c3c(c2)OCCO3)C1. The van der Waals surface area contributed by atoms with Crippen molar-refractivity contribution in [2.45, 2.75) is 19.1 Å². The molecule has 0 bridgehead atoms. The lowest BCUT2D eigenvalue weighted by Gasteiger charge is -2.21. The van der Waals surface area contributed by atoms with Crippen LogP contribution in [-0.2, 0) is 6.54 Å². The smallest absolute Gasteiger partial charge is 0.179 e. The molecule has 0 amide bonds. The van der Waals surface area contributed by atoms with Crippen molar-refractivity contribution in [1.29, 1.82) is 0 Å². The van der Waals surface area contributed by atoms with Crippen molar-refractivity contribution in [2.75, 3.05) is 26.3 Å². The summed E-state index contributed by atoms with van der Waals surface area (Å²) in [5.41, 5.74) is 1.10. The van der Waals surface area contributed by atoms with Gasteiger partial charge in [-0.25, -0.2) is 0 Å². The Hall–Kier alpha value is -0.970. The summed E-state index contributed by atoms with van der Waals surface area (Å²) < 4.78 is 11.0. The predicted octanol–water partition coefficient (Wildman–Crippen LogP) is 1.68. The molecular formula is C13H16ClNO3. The molecule has 0 spiro atoms. The standard InChI is InChI=1S/C13H16ClNO3/c14-11-5-9(7-15-2-1-10(16)8-15)6-12-13(11)18-4-3-17-12/h5-6,10,16H,1-4,7-8H2/t10-/m0/s1. The second-order valence-corrected chi connectivity index (χ2v) is 5.19. The van der Waals surface area contributed by atoms with Crippen LogP contribution < -0.4 is 9.47 Å². The summed E-state index contributed by atoms with van der Waals surface area (Å²) >= 11 is 6.19. The van der Waals surface area contributed by atoms with E-state index in [1.54, 1.807) is 0 Å². The summed E-state index contributed by atoms with van der Waals surface area (Å²) in [4.78, 5) is 2.21. The number of aliphatic hydroxyl groups excluding tert-OH is 1. The van der Waals surface area contributed by atoms with Crippen molar-refractivity contribution in [3.05, 3.63) is 22.7 Å². The zero-order valence-corrected chi connectivity index (χ0v) is 10.8. The van der Waals surface area contributed by atoms with E-state index in [4.69, 9.17) is 21.1 Å². The van der Waals surface area contributed by atoms with Gasteiger partial charge in [-0.3, -0.25) is 4.90 Å². The molecule has 1 atom stereocenters. The maximum absolute atomic E-state index is 9.51. The van der Waals surface area contributed by atoms with E-state index in [0.29, 0.717) is 24.0 Å². The Kier molecular flexibility index (Phi) is 3.33. The Balaban J connectivity index is 1.78. The van der Waals surface area contributed by atoms with Gasteiger partial charge in [0.1, 0.15) is 13.2 Å². The van der Waals surface area contributed by atoms with Gasteiger partial charge in [0, 0.05) is 19.6 Å². The highest BCUT2D eigenvalue weighted by molar-refractivity contribution is 6.32. The number of aliphatic hydroxyl groups is 1. The van der Waals surface area contributed by atoms with E-state index in [0.717, 1.165) is 37.4 Å². The van der Waals surface area contributed by atoms with Crippen LogP contribution in [0.2, 0.25) is 5.02 Å². The molecule has 2 aliphatic heterocycles. The number of hydrogen-bond donors (Lipinski definition) is 1. The number of fused-ring (bicyclic) bond motifs is 1. The van der Waals surface area contributed by atoms with Gasteiger partial charge in [-0.15, -0.1) is 0 Å². The molecule has 1 aromatic rings. The molecule has 0 unspecified atom stereocenters. The minimum Gasteiger partial charge on any atom is -0.486 e. The number of likely N-dealkylation sites (tertiary alicyclic amines) is 1. The van der Waals surface area contributed by atoms with E-state index in [-0.39, 0.29) is 6.10 Å². The normalized spacial score (nSPS) is 23.3. The summed E-state index contributed by atoms with van der Waals surface area (Å²) in [5.74, 6) is 1.37. The maximum Gasteiger partial charge on any atom is 0.179 e. The fourth-order valence-electron chi connectivity index (χ4n) is 2.47. The third-order valence-corrected chi connectivity index (χ3v) is 3.59. The topological polar surface area (TPSA) is 41.9 Å². The Morgan fingerprint density at radius 2 is 2.17 bits per heavy atom. The number of nitrogens with zero attached hydrogens (tertiary/aromatic N) is 1. The van der Waals surface area contributed by atoms with Crippen LogP contribution in [0.3, 0.4) is 0 Å². The van der Waals surface area contributed by atoms with Gasteiger partial charge < -0.3 is 14.6 Å². The molecule has 1 N–H and O–H groups in total. The van der Waals surface area contributed by atoms with E-state index >= 15 is 0 Å². The van der Waals surface area contributed by atoms with Crippen LogP contribution in [0.4, 0.5) is 0 Å². The van der Waals surface area contributed by atoms with E-state index in [1.807, 2.05) is 12.1 Å². The predicted molar refractivity (Wildman–Crippen MR) is 68.3 cm³/mol. The Morgan fingerprint density at radius 1 is 1.33 bits per heavy atom. The minimum absolute atomic E-state index is 0.197. The summed E-state index contributed by atoms with van der Waals surface area (Å²) in [6, 6.07) is 3.89. The van der Waals surface area contributed by atoms with Crippen LogP contribution >= 0.6 is 11.6 Å². The monoisotopic (exact) mass is 269 g/mol. The molecule has 0 saturated carbocycles. The van der Waals surface area contributed by atoms with Gasteiger partial charge in [-0.1, -0.05) is 11.6 Å². The lowest BCUT2D eigenvalue weighted by atomic mass is 10.2. The van der Waals surface area contributed by atoms with E-state index < -0.39 is 0 Å². The van der Waals surface area contributed by atoms with Crippen molar-refractivity contribution in [3.63, 3.8) is 0 Å². The van der Waals surface area contributed by atoms with Crippen molar-refractivity contribution in [2.24, 2.45) is 0 Å². The van der Waals surface area contributed by atoms with Crippen molar-refractivity contribution >= 4 is 11.6 Å². The molecule has 0 aromatic heterocycles. The lowest BCUT2D eigenvalue weighted by molar-refractivity contribution is 0.169. The molecule has 4 nitrogen and oxygen atoms in total. The molecular weight excluding hydrogens is 254 g/mol. The lowest BCUT2D eigenvalue weighted by Crippen LogP contribution is -2.22. The minimum atomic E-state index is -0.197. The molecule has 98 valence electrons. The number of benzene rings is 1. The highest BCUT2D eigenvalue weighted by atomic mass is 35.5. The van der Waals surface area contributed by atoms with Crippen LogP contribution in [0, 0.1) is 0 Å². The van der Waals surface area contributed by atoms with Gasteiger partial charge in [-0.05, 0) is 24.1 Å². The van der Waals surface area contributed by atoms with Gasteiger partial charge in [0.05, 0.1) is 11.1 Å². The third kappa shape index (κ3) is 2.41. The van der Waals surface area contributed by atoms with Crippen molar-refractivity contribution in [1.82, 2.24) is 4.90 Å². The van der Waals surface area contributed by atoms with Gasteiger partial charge in [0.25, 0.3) is 0 Å². The fraction of sp³-hybridized carbons (Fsp3) is 0.538. The maximum atomic E-state index is 9.51. The van der Waals surface area contributed by atoms with E-state index in [1.165, 1.54) is 0 Å². The highest BCUT2D eigenvalue weighted by Crippen LogP contribution is 2.38. The number of hydrogen-bond acceptors (Lipinski definition) is 4. The van der Waals surface area contributed by atoms with Crippen molar-refractivity contribution in [3.8, 4) is 11.5 Å². The Morgan fingerprint density at radius 3 is 2.94 bits per heavy atom. The average Bonchev–Trinajstić information content (AvgIpc) is 2.75. The molecule has 2 aliphatic rings.